The van der Waals surface area contributed by atoms with Crippen LogP contribution in [0.15, 0.2) is 65.2 Å². The number of hydrogen-bond donors (Lipinski definition) is 1. The van der Waals surface area contributed by atoms with E-state index in [9.17, 15) is 0 Å². The van der Waals surface area contributed by atoms with Gasteiger partial charge in [-0.25, -0.2) is 0 Å². The molecular formula is C24H27N3O2S. The molecule has 1 fully saturated rings. The van der Waals surface area contributed by atoms with Gasteiger partial charge in [0.1, 0.15) is 23.3 Å². The molecule has 0 saturated carbocycles. The number of benzene rings is 1. The van der Waals surface area contributed by atoms with Crippen molar-refractivity contribution in [3.63, 3.8) is 0 Å². The molecular weight excluding hydrogens is 394 g/mol. The van der Waals surface area contributed by atoms with E-state index >= 15 is 0 Å². The third-order valence-electron chi connectivity index (χ3n) is 5.32. The summed E-state index contributed by atoms with van der Waals surface area (Å²) in [4.78, 5) is 6.81. The van der Waals surface area contributed by atoms with Crippen molar-refractivity contribution >= 4 is 17.3 Å². The average Bonchev–Trinajstić information content (AvgIpc) is 3.38. The minimum atomic E-state index is -0.0464. The van der Waals surface area contributed by atoms with E-state index in [0.29, 0.717) is 6.61 Å². The van der Waals surface area contributed by atoms with Crippen LogP contribution < -0.4 is 10.1 Å². The number of hydrogen-bond acceptors (Lipinski definition) is 4. The molecule has 0 aliphatic carbocycles. The minimum absolute atomic E-state index is 0.0320. The number of unbranched alkanes of at least 4 members (excludes halogenated alkanes) is 1. The van der Waals surface area contributed by atoms with Gasteiger partial charge in [-0.15, -0.1) is 0 Å². The maximum Gasteiger partial charge on any atom is 0.170 e. The predicted octanol–water partition coefficient (Wildman–Crippen LogP) is 5.51. The molecule has 5 nitrogen and oxygen atoms in total. The van der Waals surface area contributed by atoms with Gasteiger partial charge < -0.3 is 19.4 Å². The minimum Gasteiger partial charge on any atom is -0.494 e. The molecule has 1 N–H and O–H groups in total. The Labute approximate surface area is 183 Å². The van der Waals surface area contributed by atoms with Crippen LogP contribution >= 0.6 is 12.2 Å². The second kappa shape index (κ2) is 9.30. The number of nitrogens with zero attached hydrogens (tertiary/aromatic N) is 2. The van der Waals surface area contributed by atoms with Crippen molar-refractivity contribution in [2.24, 2.45) is 0 Å². The number of nitrogens with one attached hydrogen (secondary N) is 1. The number of aromatic nitrogens is 1. The zero-order valence-electron chi connectivity index (χ0n) is 17.4. The highest BCUT2D eigenvalue weighted by Crippen LogP contribution is 2.40. The summed E-state index contributed by atoms with van der Waals surface area (Å²) in [5.41, 5.74) is 1.98. The maximum absolute atomic E-state index is 6.35. The van der Waals surface area contributed by atoms with E-state index in [1.54, 1.807) is 0 Å². The molecule has 4 rings (SSSR count). The van der Waals surface area contributed by atoms with Crippen LogP contribution in [0.2, 0.25) is 0 Å². The summed E-state index contributed by atoms with van der Waals surface area (Å²) in [7, 11) is 0. The Morgan fingerprint density at radius 1 is 1.10 bits per heavy atom. The summed E-state index contributed by atoms with van der Waals surface area (Å²) in [6.45, 7) is 5.71. The molecule has 1 saturated heterocycles. The van der Waals surface area contributed by atoms with Crippen LogP contribution in [0, 0.1) is 0 Å². The lowest BCUT2D eigenvalue weighted by Crippen LogP contribution is -2.30. The molecule has 1 aliphatic rings. The van der Waals surface area contributed by atoms with Gasteiger partial charge in [0.05, 0.1) is 18.3 Å². The van der Waals surface area contributed by atoms with Gasteiger partial charge >= 0.3 is 0 Å². The Hall–Kier alpha value is -2.86. The van der Waals surface area contributed by atoms with E-state index in [4.69, 9.17) is 21.4 Å². The zero-order chi connectivity index (χ0) is 20.9. The van der Waals surface area contributed by atoms with Gasteiger partial charge in [-0.3, -0.25) is 4.98 Å². The van der Waals surface area contributed by atoms with Crippen molar-refractivity contribution in [1.82, 2.24) is 15.2 Å². The standard InChI is InChI=1S/C24H27N3O2S/c1-3-5-16-27-23(22(26-24(27)30)19-8-6-7-15-25-19)21-14-13-20(29-21)17-9-11-18(12-10-17)28-4-2/h6-15,22-23H,3-5,16H2,1-2H3,(H,26,30)/t22-,23+/m1/s1. The number of thiocarbonyl (C=S) groups is 1. The summed E-state index contributed by atoms with van der Waals surface area (Å²) in [5.74, 6) is 2.58. The van der Waals surface area contributed by atoms with E-state index in [-0.39, 0.29) is 12.1 Å². The third kappa shape index (κ3) is 4.19. The predicted molar refractivity (Wildman–Crippen MR) is 122 cm³/mol. The molecule has 2 aromatic heterocycles. The Bertz CT molecular complexity index is 972. The van der Waals surface area contributed by atoms with Gasteiger partial charge in [-0.2, -0.15) is 0 Å². The smallest absolute Gasteiger partial charge is 0.170 e. The Morgan fingerprint density at radius 2 is 1.93 bits per heavy atom. The number of rotatable bonds is 8. The highest BCUT2D eigenvalue weighted by molar-refractivity contribution is 7.80. The van der Waals surface area contributed by atoms with E-state index < -0.39 is 0 Å². The van der Waals surface area contributed by atoms with E-state index in [1.165, 1.54) is 0 Å². The highest BCUT2D eigenvalue weighted by Gasteiger charge is 2.41. The highest BCUT2D eigenvalue weighted by atomic mass is 32.1. The van der Waals surface area contributed by atoms with Gasteiger partial charge in [0, 0.05) is 18.3 Å². The molecule has 0 unspecified atom stereocenters. The van der Waals surface area contributed by atoms with Crippen molar-refractivity contribution in [2.45, 2.75) is 38.8 Å². The summed E-state index contributed by atoms with van der Waals surface area (Å²) in [5, 5.41) is 4.22. The van der Waals surface area contributed by atoms with Crippen molar-refractivity contribution in [3.8, 4) is 17.1 Å². The quantitative estimate of drug-likeness (QED) is 0.484. The first-order valence-electron chi connectivity index (χ1n) is 10.5. The van der Waals surface area contributed by atoms with Crippen molar-refractivity contribution in [2.75, 3.05) is 13.2 Å². The molecule has 3 aromatic rings. The van der Waals surface area contributed by atoms with E-state index in [1.807, 2.05) is 61.7 Å². The van der Waals surface area contributed by atoms with Crippen molar-refractivity contribution in [3.05, 3.63) is 72.2 Å². The van der Waals surface area contributed by atoms with E-state index in [2.05, 4.69) is 28.2 Å². The molecule has 3 heterocycles. The molecule has 0 amide bonds. The van der Waals surface area contributed by atoms with Crippen LogP contribution in [0.1, 0.15) is 50.2 Å². The Balaban J connectivity index is 1.65. The summed E-state index contributed by atoms with van der Waals surface area (Å²) in [6.07, 6.45) is 3.99. The first kappa shape index (κ1) is 20.4. The van der Waals surface area contributed by atoms with Crippen molar-refractivity contribution in [1.29, 1.82) is 0 Å². The van der Waals surface area contributed by atoms with Gasteiger partial charge in [0.15, 0.2) is 5.11 Å². The Kier molecular flexibility index (Phi) is 6.33. The lowest BCUT2D eigenvalue weighted by Gasteiger charge is -2.25. The second-order valence-electron chi connectivity index (χ2n) is 7.33. The lowest BCUT2D eigenvalue weighted by molar-refractivity contribution is 0.271. The van der Waals surface area contributed by atoms with Crippen LogP contribution in [0.5, 0.6) is 5.75 Å². The SMILES string of the molecule is CCCCN1C(=S)N[C@H](c2ccccn2)[C@@H]1c1ccc(-c2ccc(OCC)cc2)o1. The summed E-state index contributed by atoms with van der Waals surface area (Å²) < 4.78 is 11.9. The molecule has 30 heavy (non-hydrogen) atoms. The van der Waals surface area contributed by atoms with Crippen molar-refractivity contribution < 1.29 is 9.15 Å². The van der Waals surface area contributed by atoms with Gasteiger partial charge in [0.25, 0.3) is 0 Å². The molecule has 0 spiro atoms. The number of furan rings is 1. The van der Waals surface area contributed by atoms with Crippen LogP contribution in [0.3, 0.4) is 0 Å². The first-order chi connectivity index (χ1) is 14.7. The zero-order valence-corrected chi connectivity index (χ0v) is 18.2. The lowest BCUT2D eigenvalue weighted by atomic mass is 10.0. The fourth-order valence-corrected chi connectivity index (χ4v) is 4.16. The number of ether oxygens (including phenoxy) is 1. The normalized spacial score (nSPS) is 18.5. The van der Waals surface area contributed by atoms with Crippen LogP contribution in [-0.4, -0.2) is 28.1 Å². The van der Waals surface area contributed by atoms with E-state index in [0.717, 1.165) is 53.0 Å². The van der Waals surface area contributed by atoms with Gasteiger partial charge in [-0.1, -0.05) is 19.4 Å². The van der Waals surface area contributed by atoms with Gasteiger partial charge in [-0.05, 0) is 74.1 Å². The molecule has 6 heteroatoms. The molecule has 1 aliphatic heterocycles. The number of pyridine rings is 1. The monoisotopic (exact) mass is 421 g/mol. The van der Waals surface area contributed by atoms with Crippen LogP contribution in [0.25, 0.3) is 11.3 Å². The molecule has 156 valence electrons. The Morgan fingerprint density at radius 3 is 2.63 bits per heavy atom. The third-order valence-corrected chi connectivity index (χ3v) is 5.67. The van der Waals surface area contributed by atoms with Gasteiger partial charge in [0.2, 0.25) is 0 Å². The fraction of sp³-hybridized carbons (Fsp3) is 0.333. The average molecular weight is 422 g/mol. The maximum atomic E-state index is 6.35. The topological polar surface area (TPSA) is 50.5 Å². The molecule has 1 aromatic carbocycles. The van der Waals surface area contributed by atoms with Crippen LogP contribution in [0.4, 0.5) is 0 Å². The molecule has 0 bridgehead atoms. The second-order valence-corrected chi connectivity index (χ2v) is 7.72. The molecule has 2 atom stereocenters. The fourth-order valence-electron chi connectivity index (χ4n) is 3.83. The first-order valence-corrected chi connectivity index (χ1v) is 10.9. The largest absolute Gasteiger partial charge is 0.494 e. The molecule has 0 radical (unpaired) electrons. The van der Waals surface area contributed by atoms with Crippen LogP contribution in [-0.2, 0) is 0 Å². The summed E-state index contributed by atoms with van der Waals surface area (Å²) in [6, 6.07) is 18.0. The summed E-state index contributed by atoms with van der Waals surface area (Å²) >= 11 is 5.68.